The molecular formula is C24H19FN2O3. The summed E-state index contributed by atoms with van der Waals surface area (Å²) in [6.07, 6.45) is 0. The van der Waals surface area contributed by atoms with Gasteiger partial charge in [-0.3, -0.25) is 9.59 Å². The third-order valence-electron chi connectivity index (χ3n) is 4.85. The first-order valence-electron chi connectivity index (χ1n) is 9.34. The molecule has 6 heteroatoms. The fraction of sp³-hybridized carbons (Fsp3) is 0.0833. The van der Waals surface area contributed by atoms with E-state index in [1.165, 1.54) is 24.3 Å². The molecule has 150 valence electrons. The molecule has 1 aliphatic rings. The number of ether oxygens (including phenoxy) is 1. The van der Waals surface area contributed by atoms with Crippen LogP contribution in [0.1, 0.15) is 11.1 Å². The van der Waals surface area contributed by atoms with Gasteiger partial charge in [-0.15, -0.1) is 0 Å². The molecule has 0 unspecified atom stereocenters. The zero-order valence-electron chi connectivity index (χ0n) is 16.5. The summed E-state index contributed by atoms with van der Waals surface area (Å²) in [5.74, 6) is -0.767. The summed E-state index contributed by atoms with van der Waals surface area (Å²) in [7, 11) is 1.55. The van der Waals surface area contributed by atoms with Gasteiger partial charge in [0.25, 0.3) is 11.8 Å². The Hall–Kier alpha value is -3.93. The number of nitrogens with zero attached hydrogens (tertiary/aromatic N) is 1. The first kappa shape index (κ1) is 19.4. The van der Waals surface area contributed by atoms with Crippen molar-refractivity contribution in [2.45, 2.75) is 6.92 Å². The second-order valence-electron chi connectivity index (χ2n) is 6.90. The lowest BCUT2D eigenvalue weighted by molar-refractivity contribution is -0.120. The van der Waals surface area contributed by atoms with E-state index in [0.717, 1.165) is 10.5 Å². The minimum absolute atomic E-state index is 0.125. The van der Waals surface area contributed by atoms with E-state index in [-0.39, 0.29) is 11.3 Å². The van der Waals surface area contributed by atoms with Gasteiger partial charge < -0.3 is 10.1 Å². The van der Waals surface area contributed by atoms with Gasteiger partial charge in [-0.2, -0.15) is 0 Å². The highest BCUT2D eigenvalue weighted by Crippen LogP contribution is 2.34. The Kier molecular flexibility index (Phi) is 5.06. The van der Waals surface area contributed by atoms with Crippen LogP contribution in [0.15, 0.2) is 78.5 Å². The summed E-state index contributed by atoms with van der Waals surface area (Å²) < 4.78 is 18.7. The molecule has 3 aromatic rings. The number of carbonyl (C=O) groups is 2. The number of halogens is 1. The number of hydrogen-bond acceptors (Lipinski definition) is 4. The van der Waals surface area contributed by atoms with Crippen LogP contribution < -0.4 is 15.0 Å². The van der Waals surface area contributed by atoms with E-state index in [9.17, 15) is 14.0 Å². The molecule has 5 nitrogen and oxygen atoms in total. The van der Waals surface area contributed by atoms with Crippen molar-refractivity contribution >= 4 is 28.8 Å². The number of imide groups is 1. The van der Waals surface area contributed by atoms with Gasteiger partial charge in [-0.05, 0) is 48.9 Å². The quantitative estimate of drug-likeness (QED) is 0.637. The van der Waals surface area contributed by atoms with Gasteiger partial charge in [0.15, 0.2) is 0 Å². The molecule has 0 radical (unpaired) electrons. The molecule has 4 rings (SSSR count). The van der Waals surface area contributed by atoms with Crippen LogP contribution in [-0.4, -0.2) is 18.9 Å². The van der Waals surface area contributed by atoms with E-state index in [1.54, 1.807) is 43.5 Å². The van der Waals surface area contributed by atoms with Crippen molar-refractivity contribution in [2.24, 2.45) is 0 Å². The van der Waals surface area contributed by atoms with Gasteiger partial charge >= 0.3 is 0 Å². The van der Waals surface area contributed by atoms with Crippen LogP contribution in [0.25, 0.3) is 5.57 Å². The van der Waals surface area contributed by atoms with Crippen molar-refractivity contribution in [3.05, 3.63) is 95.4 Å². The fourth-order valence-corrected chi connectivity index (χ4v) is 3.30. The molecule has 0 atom stereocenters. The molecule has 1 N–H and O–H groups in total. The highest BCUT2D eigenvalue weighted by molar-refractivity contribution is 6.46. The molecule has 0 aromatic heterocycles. The Morgan fingerprint density at radius 3 is 2.27 bits per heavy atom. The van der Waals surface area contributed by atoms with Gasteiger partial charge in [0, 0.05) is 11.8 Å². The van der Waals surface area contributed by atoms with Crippen LogP contribution >= 0.6 is 0 Å². The minimum atomic E-state index is -0.481. The van der Waals surface area contributed by atoms with E-state index in [1.807, 2.05) is 19.1 Å². The van der Waals surface area contributed by atoms with Gasteiger partial charge in [0.1, 0.15) is 17.3 Å². The number of rotatable bonds is 5. The number of benzene rings is 3. The Bertz CT molecular complexity index is 1150. The molecule has 0 spiro atoms. The van der Waals surface area contributed by atoms with Crippen molar-refractivity contribution in [2.75, 3.05) is 17.3 Å². The number of aryl methyl sites for hydroxylation is 1. The largest absolute Gasteiger partial charge is 0.497 e. The van der Waals surface area contributed by atoms with Crippen LogP contribution in [0.2, 0.25) is 0 Å². The molecule has 0 saturated heterocycles. The number of carbonyl (C=O) groups excluding carboxylic acids is 2. The molecule has 0 fully saturated rings. The molecule has 0 bridgehead atoms. The topological polar surface area (TPSA) is 58.6 Å². The van der Waals surface area contributed by atoms with Gasteiger partial charge in [-0.25, -0.2) is 9.29 Å². The normalized spacial score (nSPS) is 13.8. The molecule has 0 saturated carbocycles. The number of hydrogen-bond donors (Lipinski definition) is 1. The molecule has 3 aromatic carbocycles. The van der Waals surface area contributed by atoms with Crippen LogP contribution in [0, 0.1) is 12.7 Å². The zero-order chi connectivity index (χ0) is 21.3. The molecular weight excluding hydrogens is 383 g/mol. The lowest BCUT2D eigenvalue weighted by atomic mass is 10.0. The fourth-order valence-electron chi connectivity index (χ4n) is 3.30. The standard InChI is InChI=1S/C24H19FN2O3/c1-15-6-12-19(13-7-15)27-23(28)21(16-8-10-17(25)11-9-16)22(24(27)29)26-18-4-3-5-20(14-18)30-2/h3-14,26H,1-2H3. The van der Waals surface area contributed by atoms with Crippen LogP contribution in [0.3, 0.4) is 0 Å². The Morgan fingerprint density at radius 2 is 1.60 bits per heavy atom. The maximum Gasteiger partial charge on any atom is 0.282 e. The SMILES string of the molecule is COc1cccc(NC2=C(c3ccc(F)cc3)C(=O)N(c3ccc(C)cc3)C2=O)c1. The smallest absolute Gasteiger partial charge is 0.282 e. The van der Waals surface area contributed by atoms with Crippen LogP contribution in [0.5, 0.6) is 5.75 Å². The van der Waals surface area contributed by atoms with Crippen LogP contribution in [-0.2, 0) is 9.59 Å². The number of methoxy groups -OCH3 is 1. The van der Waals surface area contributed by atoms with Crippen molar-refractivity contribution in [1.82, 2.24) is 0 Å². The molecule has 2 amide bonds. The highest BCUT2D eigenvalue weighted by Gasteiger charge is 2.40. The number of amides is 2. The average Bonchev–Trinajstić information content (AvgIpc) is 2.99. The highest BCUT2D eigenvalue weighted by atomic mass is 19.1. The third-order valence-corrected chi connectivity index (χ3v) is 4.85. The Balaban J connectivity index is 1.81. The predicted octanol–water partition coefficient (Wildman–Crippen LogP) is 4.54. The van der Waals surface area contributed by atoms with Gasteiger partial charge in [-0.1, -0.05) is 35.9 Å². The summed E-state index contributed by atoms with van der Waals surface area (Å²) in [5, 5.41) is 3.06. The van der Waals surface area contributed by atoms with E-state index in [2.05, 4.69) is 5.32 Å². The number of nitrogens with one attached hydrogen (secondary N) is 1. The van der Waals surface area contributed by atoms with Gasteiger partial charge in [0.05, 0.1) is 18.4 Å². The maximum atomic E-state index is 13.4. The Labute approximate surface area is 173 Å². The average molecular weight is 402 g/mol. The van der Waals surface area contributed by atoms with Crippen molar-refractivity contribution in [3.8, 4) is 5.75 Å². The van der Waals surface area contributed by atoms with Crippen molar-refractivity contribution in [1.29, 1.82) is 0 Å². The summed E-state index contributed by atoms with van der Waals surface area (Å²) in [4.78, 5) is 27.7. The molecule has 1 heterocycles. The molecule has 1 aliphatic heterocycles. The summed E-state index contributed by atoms with van der Waals surface area (Å²) in [6.45, 7) is 1.93. The zero-order valence-corrected chi connectivity index (χ0v) is 16.5. The maximum absolute atomic E-state index is 13.4. The van der Waals surface area contributed by atoms with E-state index >= 15 is 0 Å². The second kappa shape index (κ2) is 7.83. The van der Waals surface area contributed by atoms with E-state index in [0.29, 0.717) is 22.7 Å². The Morgan fingerprint density at radius 1 is 0.900 bits per heavy atom. The van der Waals surface area contributed by atoms with Crippen molar-refractivity contribution < 1.29 is 18.7 Å². The minimum Gasteiger partial charge on any atom is -0.497 e. The monoisotopic (exact) mass is 402 g/mol. The van der Waals surface area contributed by atoms with E-state index < -0.39 is 17.6 Å². The first-order valence-corrected chi connectivity index (χ1v) is 9.34. The lowest BCUT2D eigenvalue weighted by Gasteiger charge is -2.15. The van der Waals surface area contributed by atoms with Crippen molar-refractivity contribution in [3.63, 3.8) is 0 Å². The third kappa shape index (κ3) is 3.55. The van der Waals surface area contributed by atoms with Gasteiger partial charge in [0.2, 0.25) is 0 Å². The summed E-state index contributed by atoms with van der Waals surface area (Å²) in [6, 6.07) is 19.7. The summed E-state index contributed by atoms with van der Waals surface area (Å²) in [5.41, 5.74) is 2.84. The lowest BCUT2D eigenvalue weighted by Crippen LogP contribution is -2.32. The first-order chi connectivity index (χ1) is 14.5. The van der Waals surface area contributed by atoms with E-state index in [4.69, 9.17) is 4.74 Å². The predicted molar refractivity (Wildman–Crippen MR) is 114 cm³/mol. The number of anilines is 2. The summed E-state index contributed by atoms with van der Waals surface area (Å²) >= 11 is 0. The molecule has 30 heavy (non-hydrogen) atoms. The van der Waals surface area contributed by atoms with Crippen LogP contribution in [0.4, 0.5) is 15.8 Å². The molecule has 0 aliphatic carbocycles. The second-order valence-corrected chi connectivity index (χ2v) is 6.90.